The molecule has 0 aliphatic carbocycles. The maximum atomic E-state index is 5.94. The summed E-state index contributed by atoms with van der Waals surface area (Å²) >= 11 is 3.85. The van der Waals surface area contributed by atoms with Gasteiger partial charge in [-0.15, -0.1) is 0 Å². The third-order valence-electron chi connectivity index (χ3n) is 4.38. The topological polar surface area (TPSA) is 27.7 Å². The van der Waals surface area contributed by atoms with Crippen molar-refractivity contribution < 1.29 is 14.2 Å². The van der Waals surface area contributed by atoms with Gasteiger partial charge in [0.1, 0.15) is 0 Å². The van der Waals surface area contributed by atoms with Crippen molar-refractivity contribution in [2.45, 2.75) is 37.8 Å². The highest BCUT2D eigenvalue weighted by atomic mass is 79.9. The van der Waals surface area contributed by atoms with Gasteiger partial charge >= 0.3 is 0 Å². The molecule has 5 unspecified atom stereocenters. The molecular weight excluding hydrogens is 320 g/mol. The second-order valence-electron chi connectivity index (χ2n) is 5.50. The van der Waals surface area contributed by atoms with Gasteiger partial charge in [0.2, 0.25) is 0 Å². The summed E-state index contributed by atoms with van der Waals surface area (Å²) in [6, 6.07) is 6.08. The van der Waals surface area contributed by atoms with Gasteiger partial charge in [-0.1, -0.05) is 28.9 Å². The van der Waals surface area contributed by atoms with Crippen LogP contribution >= 0.6 is 15.9 Å². The summed E-state index contributed by atoms with van der Waals surface area (Å²) in [6.07, 6.45) is 0.549. The maximum Gasteiger partial charge on any atom is 0.161 e. The van der Waals surface area contributed by atoms with Gasteiger partial charge in [0.05, 0.1) is 26.4 Å². The maximum absolute atomic E-state index is 5.94. The van der Waals surface area contributed by atoms with Gasteiger partial charge in [-0.25, -0.2) is 0 Å². The van der Waals surface area contributed by atoms with Crippen LogP contribution in [-0.4, -0.2) is 26.4 Å². The first-order valence-corrected chi connectivity index (χ1v) is 7.92. The van der Waals surface area contributed by atoms with Crippen molar-refractivity contribution in [2.75, 3.05) is 14.2 Å². The highest BCUT2D eigenvalue weighted by molar-refractivity contribution is 9.09. The molecule has 1 aliphatic heterocycles. The van der Waals surface area contributed by atoms with Crippen LogP contribution in [0.1, 0.15) is 31.2 Å². The molecule has 20 heavy (non-hydrogen) atoms. The van der Waals surface area contributed by atoms with Crippen LogP contribution in [0.5, 0.6) is 11.5 Å². The van der Waals surface area contributed by atoms with E-state index in [1.54, 1.807) is 14.2 Å². The summed E-state index contributed by atoms with van der Waals surface area (Å²) in [7, 11) is 3.32. The summed E-state index contributed by atoms with van der Waals surface area (Å²) in [5.41, 5.74) is 1.20. The molecule has 1 aliphatic rings. The third kappa shape index (κ3) is 2.82. The average molecular weight is 343 g/mol. The molecule has 3 nitrogen and oxygen atoms in total. The van der Waals surface area contributed by atoms with Crippen molar-refractivity contribution in [3.05, 3.63) is 23.8 Å². The molecule has 0 aromatic heterocycles. The Morgan fingerprint density at radius 3 is 2.20 bits per heavy atom. The van der Waals surface area contributed by atoms with Crippen molar-refractivity contribution in [2.24, 2.45) is 11.8 Å². The SMILES string of the molecule is COc1ccc(C(Br)C2C(C)OC(C)C2C)cc1OC. The number of rotatable bonds is 4. The monoisotopic (exact) mass is 342 g/mol. The molecule has 0 radical (unpaired) electrons. The van der Waals surface area contributed by atoms with E-state index in [-0.39, 0.29) is 10.9 Å². The number of methoxy groups -OCH3 is 2. The summed E-state index contributed by atoms with van der Waals surface area (Å²) < 4.78 is 16.6. The normalized spacial score (nSPS) is 31.1. The summed E-state index contributed by atoms with van der Waals surface area (Å²) in [5, 5.41) is 0. The molecule has 5 atom stereocenters. The van der Waals surface area contributed by atoms with E-state index in [9.17, 15) is 0 Å². The van der Waals surface area contributed by atoms with Crippen LogP contribution in [0.15, 0.2) is 18.2 Å². The van der Waals surface area contributed by atoms with Gasteiger partial charge in [0.25, 0.3) is 0 Å². The Morgan fingerprint density at radius 1 is 1.05 bits per heavy atom. The second kappa shape index (κ2) is 6.35. The van der Waals surface area contributed by atoms with E-state index >= 15 is 0 Å². The van der Waals surface area contributed by atoms with Gasteiger partial charge in [-0.3, -0.25) is 0 Å². The molecule has 0 saturated carbocycles. The number of halogens is 1. The Labute approximate surface area is 129 Å². The van der Waals surface area contributed by atoms with Crippen LogP contribution in [0.3, 0.4) is 0 Å². The number of alkyl halides is 1. The van der Waals surface area contributed by atoms with Crippen LogP contribution in [0.25, 0.3) is 0 Å². The van der Waals surface area contributed by atoms with Crippen LogP contribution in [0.2, 0.25) is 0 Å². The fourth-order valence-electron chi connectivity index (χ4n) is 3.04. The Kier molecular flexibility index (Phi) is 4.97. The average Bonchev–Trinajstić information content (AvgIpc) is 2.70. The van der Waals surface area contributed by atoms with Crippen LogP contribution in [-0.2, 0) is 4.74 Å². The molecular formula is C16H23BrO3. The minimum absolute atomic E-state index is 0.247. The van der Waals surface area contributed by atoms with Crippen molar-refractivity contribution in [3.63, 3.8) is 0 Å². The van der Waals surface area contributed by atoms with E-state index in [0.717, 1.165) is 11.5 Å². The zero-order chi connectivity index (χ0) is 14.9. The molecule has 1 fully saturated rings. The van der Waals surface area contributed by atoms with Gasteiger partial charge in [-0.05, 0) is 37.5 Å². The molecule has 1 heterocycles. The largest absolute Gasteiger partial charge is 0.493 e. The van der Waals surface area contributed by atoms with E-state index in [1.165, 1.54) is 5.56 Å². The van der Waals surface area contributed by atoms with E-state index in [1.807, 2.05) is 12.1 Å². The molecule has 2 rings (SSSR count). The lowest BCUT2D eigenvalue weighted by Crippen LogP contribution is -2.21. The lowest BCUT2D eigenvalue weighted by Gasteiger charge is -2.25. The first kappa shape index (κ1) is 15.6. The smallest absolute Gasteiger partial charge is 0.161 e. The minimum atomic E-state index is 0.247. The van der Waals surface area contributed by atoms with Gasteiger partial charge in [-0.2, -0.15) is 0 Å². The van der Waals surface area contributed by atoms with Crippen LogP contribution in [0, 0.1) is 11.8 Å². The summed E-state index contributed by atoms with van der Waals surface area (Å²) in [4.78, 5) is 0.247. The number of benzene rings is 1. The molecule has 0 N–H and O–H groups in total. The van der Waals surface area contributed by atoms with Crippen LogP contribution in [0.4, 0.5) is 0 Å². The molecule has 0 amide bonds. The standard InChI is InChI=1S/C16H23BrO3/c1-9-10(2)20-11(3)15(9)16(17)12-6-7-13(18-4)14(8-12)19-5/h6-11,15-16H,1-5H3. The molecule has 0 spiro atoms. The van der Waals surface area contributed by atoms with Crippen molar-refractivity contribution >= 4 is 15.9 Å². The van der Waals surface area contributed by atoms with Gasteiger partial charge in [0, 0.05) is 10.7 Å². The fourth-order valence-corrected chi connectivity index (χ4v) is 4.24. The van der Waals surface area contributed by atoms with E-state index < -0.39 is 0 Å². The van der Waals surface area contributed by atoms with E-state index in [0.29, 0.717) is 17.9 Å². The molecule has 1 saturated heterocycles. The quantitative estimate of drug-likeness (QED) is 0.767. The van der Waals surface area contributed by atoms with Gasteiger partial charge < -0.3 is 14.2 Å². The predicted molar refractivity (Wildman–Crippen MR) is 83.9 cm³/mol. The number of hydrogen-bond donors (Lipinski definition) is 0. The van der Waals surface area contributed by atoms with Gasteiger partial charge in [0.15, 0.2) is 11.5 Å². The molecule has 4 heteroatoms. The third-order valence-corrected chi connectivity index (χ3v) is 5.52. The highest BCUT2D eigenvalue weighted by Gasteiger charge is 2.41. The van der Waals surface area contributed by atoms with E-state index in [4.69, 9.17) is 14.2 Å². The fraction of sp³-hybridized carbons (Fsp3) is 0.625. The Morgan fingerprint density at radius 2 is 1.70 bits per heavy atom. The zero-order valence-corrected chi connectivity index (χ0v) is 14.3. The Bertz CT molecular complexity index is 463. The Hall–Kier alpha value is -0.740. The summed E-state index contributed by atoms with van der Waals surface area (Å²) in [5.74, 6) is 2.49. The lowest BCUT2D eigenvalue weighted by molar-refractivity contribution is 0.0511. The number of hydrogen-bond acceptors (Lipinski definition) is 3. The minimum Gasteiger partial charge on any atom is -0.493 e. The second-order valence-corrected chi connectivity index (χ2v) is 6.49. The number of ether oxygens (including phenoxy) is 3. The molecule has 112 valence electrons. The van der Waals surface area contributed by atoms with Crippen molar-refractivity contribution in [1.29, 1.82) is 0 Å². The first-order chi connectivity index (χ1) is 9.49. The summed E-state index contributed by atoms with van der Waals surface area (Å²) in [6.45, 7) is 6.56. The van der Waals surface area contributed by atoms with Crippen molar-refractivity contribution in [1.82, 2.24) is 0 Å². The molecule has 0 bridgehead atoms. The lowest BCUT2D eigenvalue weighted by atomic mass is 9.84. The predicted octanol–water partition coefficient (Wildman–Crippen LogP) is 4.20. The molecule has 1 aromatic rings. The van der Waals surface area contributed by atoms with Crippen LogP contribution < -0.4 is 9.47 Å². The highest BCUT2D eigenvalue weighted by Crippen LogP contribution is 2.46. The molecule has 1 aromatic carbocycles. The zero-order valence-electron chi connectivity index (χ0n) is 12.7. The van der Waals surface area contributed by atoms with E-state index in [2.05, 4.69) is 42.8 Å². The van der Waals surface area contributed by atoms with Crippen molar-refractivity contribution in [3.8, 4) is 11.5 Å². The first-order valence-electron chi connectivity index (χ1n) is 7.01. The Balaban J connectivity index is 2.27.